The first kappa shape index (κ1) is 12.3. The van der Waals surface area contributed by atoms with Crippen LogP contribution < -0.4 is 0 Å². The monoisotopic (exact) mass is 264 g/mol. The third kappa shape index (κ3) is 1.44. The van der Waals surface area contributed by atoms with Gasteiger partial charge in [-0.2, -0.15) is 13.2 Å². The molecule has 0 amide bonds. The van der Waals surface area contributed by atoms with E-state index in [0.717, 1.165) is 19.3 Å². The summed E-state index contributed by atoms with van der Waals surface area (Å²) in [5.74, 6) is -2.20. The molecule has 1 saturated heterocycles. The van der Waals surface area contributed by atoms with Crippen molar-refractivity contribution in [2.75, 3.05) is 0 Å². The van der Waals surface area contributed by atoms with Gasteiger partial charge in [0.05, 0.1) is 6.10 Å². The van der Waals surface area contributed by atoms with E-state index in [-0.39, 0.29) is 12.8 Å². The second-order valence-corrected chi connectivity index (χ2v) is 5.48. The molecule has 3 nitrogen and oxygen atoms in total. The molecule has 2 aliphatic carbocycles. The molecule has 3 fully saturated rings. The molecule has 0 aromatic rings. The van der Waals surface area contributed by atoms with Gasteiger partial charge >= 0.3 is 12.1 Å². The Labute approximate surface area is 103 Å². The summed E-state index contributed by atoms with van der Waals surface area (Å²) in [6.07, 6.45) is -1.84. The molecule has 0 N–H and O–H groups in total. The van der Waals surface area contributed by atoms with Crippen LogP contribution in [-0.2, 0) is 14.3 Å². The summed E-state index contributed by atoms with van der Waals surface area (Å²) in [6, 6.07) is 0. The van der Waals surface area contributed by atoms with Gasteiger partial charge in [0.2, 0.25) is 5.79 Å². The molecule has 1 aliphatic heterocycles. The summed E-state index contributed by atoms with van der Waals surface area (Å²) in [6.45, 7) is 0. The third-order valence-electron chi connectivity index (χ3n) is 4.47. The van der Waals surface area contributed by atoms with E-state index in [2.05, 4.69) is 0 Å². The molecule has 3 rings (SSSR count). The molecule has 0 bridgehead atoms. The Kier molecular flexibility index (Phi) is 2.47. The van der Waals surface area contributed by atoms with Crippen LogP contribution in [0.4, 0.5) is 13.2 Å². The van der Waals surface area contributed by atoms with E-state index in [4.69, 9.17) is 9.47 Å². The van der Waals surface area contributed by atoms with Gasteiger partial charge in [-0.15, -0.1) is 0 Å². The summed E-state index contributed by atoms with van der Waals surface area (Å²) >= 11 is 0. The van der Waals surface area contributed by atoms with Gasteiger partial charge in [-0.25, -0.2) is 0 Å². The van der Waals surface area contributed by atoms with E-state index in [0.29, 0.717) is 12.8 Å². The van der Waals surface area contributed by atoms with Gasteiger partial charge in [-0.3, -0.25) is 4.79 Å². The quantitative estimate of drug-likeness (QED) is 0.631. The first-order valence-corrected chi connectivity index (χ1v) is 6.38. The topological polar surface area (TPSA) is 35.5 Å². The summed E-state index contributed by atoms with van der Waals surface area (Å²) < 4.78 is 49.8. The van der Waals surface area contributed by atoms with Crippen LogP contribution in [0.2, 0.25) is 0 Å². The van der Waals surface area contributed by atoms with Gasteiger partial charge in [0, 0.05) is 12.8 Å². The van der Waals surface area contributed by atoms with Crippen molar-refractivity contribution in [1.29, 1.82) is 0 Å². The molecule has 1 spiro atoms. The largest absolute Gasteiger partial charge is 0.432 e. The van der Waals surface area contributed by atoms with Gasteiger partial charge in [-0.1, -0.05) is 6.42 Å². The molecule has 0 unspecified atom stereocenters. The molecule has 0 aromatic heterocycles. The fraction of sp³-hybridized carbons (Fsp3) is 0.917. The number of rotatable bonds is 0. The normalized spacial score (nSPS) is 38.8. The van der Waals surface area contributed by atoms with Crippen LogP contribution in [0.25, 0.3) is 0 Å². The summed E-state index contributed by atoms with van der Waals surface area (Å²) in [5, 5.41) is 0. The summed E-state index contributed by atoms with van der Waals surface area (Å²) in [4.78, 5) is 11.9. The third-order valence-corrected chi connectivity index (χ3v) is 4.47. The fourth-order valence-corrected chi connectivity index (χ4v) is 3.24. The number of fused-ring (bicyclic) bond motifs is 1. The molecule has 18 heavy (non-hydrogen) atoms. The first-order chi connectivity index (χ1) is 8.40. The van der Waals surface area contributed by atoms with Gasteiger partial charge in [-0.05, 0) is 25.7 Å². The maximum absolute atomic E-state index is 13.1. The molecule has 102 valence electrons. The van der Waals surface area contributed by atoms with Crippen LogP contribution in [0, 0.1) is 5.41 Å². The van der Waals surface area contributed by atoms with E-state index in [1.165, 1.54) is 0 Å². The highest BCUT2D eigenvalue weighted by Gasteiger charge is 2.75. The highest BCUT2D eigenvalue weighted by atomic mass is 19.4. The lowest BCUT2D eigenvalue weighted by Gasteiger charge is -2.56. The highest BCUT2D eigenvalue weighted by Crippen LogP contribution is 2.60. The van der Waals surface area contributed by atoms with Crippen molar-refractivity contribution in [1.82, 2.24) is 0 Å². The zero-order valence-corrected chi connectivity index (χ0v) is 9.89. The number of esters is 1. The Morgan fingerprint density at radius 2 is 1.78 bits per heavy atom. The Morgan fingerprint density at radius 3 is 2.22 bits per heavy atom. The zero-order chi connectivity index (χ0) is 13.0. The van der Waals surface area contributed by atoms with Crippen LogP contribution >= 0.6 is 0 Å². The lowest BCUT2D eigenvalue weighted by Crippen LogP contribution is -2.69. The van der Waals surface area contributed by atoms with Gasteiger partial charge in [0.1, 0.15) is 0 Å². The number of alkyl halides is 3. The maximum Gasteiger partial charge on any atom is 0.407 e. The van der Waals surface area contributed by atoms with Crippen molar-refractivity contribution in [2.45, 2.75) is 63.0 Å². The number of carbonyl (C=O) groups is 1. The van der Waals surface area contributed by atoms with Crippen molar-refractivity contribution >= 4 is 5.97 Å². The summed E-state index contributed by atoms with van der Waals surface area (Å²) in [5.41, 5.74) is -2.39. The van der Waals surface area contributed by atoms with Crippen LogP contribution in [0.15, 0.2) is 0 Å². The van der Waals surface area contributed by atoms with Crippen LogP contribution in [0.3, 0.4) is 0 Å². The second kappa shape index (κ2) is 3.62. The zero-order valence-electron chi connectivity index (χ0n) is 9.89. The van der Waals surface area contributed by atoms with Gasteiger partial charge in [0.15, 0.2) is 5.41 Å². The minimum atomic E-state index is -4.58. The molecule has 0 radical (unpaired) electrons. The molecule has 0 aromatic carbocycles. The number of hydrogen-bond donors (Lipinski definition) is 0. The minimum absolute atomic E-state index is 0.212. The Balaban J connectivity index is 1.87. The molecule has 2 atom stereocenters. The van der Waals surface area contributed by atoms with Crippen molar-refractivity contribution < 1.29 is 27.4 Å². The number of hydrogen-bond acceptors (Lipinski definition) is 3. The molecule has 6 heteroatoms. The molecule has 1 heterocycles. The predicted molar refractivity (Wildman–Crippen MR) is 54.5 cm³/mol. The predicted octanol–water partition coefficient (Wildman–Crippen LogP) is 2.93. The smallest absolute Gasteiger partial charge is 0.407 e. The SMILES string of the molecule is O=C1OC2(CCCCC2)O[C@@H]2CC[C@]12C(F)(F)F. The Hall–Kier alpha value is -0.780. The lowest BCUT2D eigenvalue weighted by molar-refractivity contribution is -0.381. The average Bonchev–Trinajstić information content (AvgIpc) is 2.23. The van der Waals surface area contributed by atoms with Crippen LogP contribution in [-0.4, -0.2) is 24.0 Å². The summed E-state index contributed by atoms with van der Waals surface area (Å²) in [7, 11) is 0. The van der Waals surface area contributed by atoms with E-state index >= 15 is 0 Å². The highest BCUT2D eigenvalue weighted by molar-refractivity contribution is 5.81. The molecular formula is C12H15F3O3. The van der Waals surface area contributed by atoms with E-state index in [1.54, 1.807) is 0 Å². The fourth-order valence-electron chi connectivity index (χ4n) is 3.24. The molecule has 3 aliphatic rings. The standard InChI is InChI=1S/C12H15F3O3/c13-12(14,15)11-7-4-8(11)17-10(18-9(11)16)5-2-1-3-6-10/h8H,1-7H2/t8-,11-/m1/s1. The van der Waals surface area contributed by atoms with Crippen LogP contribution in [0.5, 0.6) is 0 Å². The van der Waals surface area contributed by atoms with Crippen LogP contribution in [0.1, 0.15) is 44.9 Å². The van der Waals surface area contributed by atoms with Gasteiger partial charge in [0.25, 0.3) is 0 Å². The maximum atomic E-state index is 13.1. The van der Waals surface area contributed by atoms with Crippen molar-refractivity contribution in [3.05, 3.63) is 0 Å². The van der Waals surface area contributed by atoms with E-state index < -0.39 is 29.5 Å². The minimum Gasteiger partial charge on any atom is -0.432 e. The van der Waals surface area contributed by atoms with E-state index in [1.807, 2.05) is 0 Å². The number of ether oxygens (including phenoxy) is 2. The van der Waals surface area contributed by atoms with Crippen molar-refractivity contribution in [3.63, 3.8) is 0 Å². The molecular weight excluding hydrogens is 249 g/mol. The number of carbonyl (C=O) groups excluding carboxylic acids is 1. The van der Waals surface area contributed by atoms with Gasteiger partial charge < -0.3 is 9.47 Å². The second-order valence-electron chi connectivity index (χ2n) is 5.48. The van der Waals surface area contributed by atoms with Crippen molar-refractivity contribution in [2.24, 2.45) is 5.41 Å². The van der Waals surface area contributed by atoms with E-state index in [9.17, 15) is 18.0 Å². The Bertz CT molecular complexity index is 373. The number of halogens is 3. The molecule has 2 saturated carbocycles. The first-order valence-electron chi connectivity index (χ1n) is 6.38. The van der Waals surface area contributed by atoms with Crippen molar-refractivity contribution in [3.8, 4) is 0 Å². The lowest BCUT2D eigenvalue weighted by atomic mass is 9.64. The average molecular weight is 264 g/mol. The Morgan fingerprint density at radius 1 is 1.11 bits per heavy atom.